The third-order valence-electron chi connectivity index (χ3n) is 7.75. The minimum Gasteiger partial charge on any atom is -0.459 e. The van der Waals surface area contributed by atoms with Crippen LogP contribution in [-0.2, 0) is 16.1 Å². The molecule has 0 saturated carbocycles. The first-order chi connectivity index (χ1) is 20.6. The predicted molar refractivity (Wildman–Crippen MR) is 152 cm³/mol. The average molecular weight is 588 g/mol. The fourth-order valence-electron chi connectivity index (χ4n) is 5.65. The van der Waals surface area contributed by atoms with Gasteiger partial charge in [-0.15, -0.1) is 0 Å². The molecule has 43 heavy (non-hydrogen) atoms. The van der Waals surface area contributed by atoms with Gasteiger partial charge >= 0.3 is 0 Å². The number of alkyl halides is 1. The lowest BCUT2D eigenvalue weighted by Gasteiger charge is -2.25. The summed E-state index contributed by atoms with van der Waals surface area (Å²) in [6.45, 7) is 2.85. The average Bonchev–Trinajstić information content (AvgIpc) is 3.66. The number of hydrogen-bond acceptors (Lipinski definition) is 7. The summed E-state index contributed by atoms with van der Waals surface area (Å²) in [6, 6.07) is 9.42. The molecular formula is C30H27F2N7O4. The van der Waals surface area contributed by atoms with E-state index in [1.165, 1.54) is 34.0 Å². The molecule has 4 heterocycles. The monoisotopic (exact) mass is 587 g/mol. The van der Waals surface area contributed by atoms with Crippen molar-refractivity contribution >= 4 is 39.6 Å². The van der Waals surface area contributed by atoms with Crippen LogP contribution in [0.25, 0.3) is 33.0 Å². The van der Waals surface area contributed by atoms with Crippen molar-refractivity contribution in [3.63, 3.8) is 0 Å². The Balaban J connectivity index is 1.23. The standard InChI is InChI=1S/C30H27F2N7O4/c1-15-21-10-19(31)4-6-25(21)43-28(15)16(2)36-30(42)24-11-20(32)13-38(24)26(40)14-39-23-5-3-17(18-7-8-34-35-12-18)9-22(23)27(37-39)29(33)41/h3-10,12,16,20,24H,11,13-14H2,1-2H3,(H2,33,41)(H,36,42)/t16-,20-,24?/m1/s1. The third-order valence-corrected chi connectivity index (χ3v) is 7.75. The molecule has 2 aromatic carbocycles. The number of fused-ring (bicyclic) bond motifs is 2. The second-order valence-electron chi connectivity index (χ2n) is 10.6. The van der Waals surface area contributed by atoms with E-state index in [4.69, 9.17) is 10.2 Å². The van der Waals surface area contributed by atoms with E-state index in [9.17, 15) is 23.2 Å². The molecule has 1 aliphatic rings. The summed E-state index contributed by atoms with van der Waals surface area (Å²) in [4.78, 5) is 40.2. The van der Waals surface area contributed by atoms with Crippen LogP contribution in [0.5, 0.6) is 0 Å². The Kier molecular flexibility index (Phi) is 7.08. The van der Waals surface area contributed by atoms with E-state index in [-0.39, 0.29) is 25.2 Å². The van der Waals surface area contributed by atoms with E-state index in [1.807, 2.05) is 0 Å². The SMILES string of the molecule is Cc1c([C@@H](C)NC(=O)C2C[C@@H](F)CN2C(=O)Cn2nc(C(N)=O)c3cc(-c4ccnnc4)ccc32)oc2ccc(F)cc12. The smallest absolute Gasteiger partial charge is 0.269 e. The van der Waals surface area contributed by atoms with Gasteiger partial charge in [0.25, 0.3) is 5.91 Å². The quantitative estimate of drug-likeness (QED) is 0.295. The van der Waals surface area contributed by atoms with Crippen LogP contribution in [0.4, 0.5) is 8.78 Å². The number of carbonyl (C=O) groups is 3. The minimum atomic E-state index is -1.40. The van der Waals surface area contributed by atoms with Gasteiger partial charge in [0.2, 0.25) is 11.8 Å². The van der Waals surface area contributed by atoms with Gasteiger partial charge in [-0.25, -0.2) is 8.78 Å². The Bertz CT molecular complexity index is 1890. The first kappa shape index (κ1) is 27.9. The maximum Gasteiger partial charge on any atom is 0.269 e. The Morgan fingerprint density at radius 3 is 2.67 bits per heavy atom. The van der Waals surface area contributed by atoms with Crippen molar-refractivity contribution in [2.45, 2.75) is 45.1 Å². The van der Waals surface area contributed by atoms with Crippen molar-refractivity contribution in [1.82, 2.24) is 30.2 Å². The first-order valence-electron chi connectivity index (χ1n) is 13.6. The summed E-state index contributed by atoms with van der Waals surface area (Å²) in [6.07, 6.45) is 1.53. The number of likely N-dealkylation sites (tertiary alicyclic amines) is 1. The fourth-order valence-corrected chi connectivity index (χ4v) is 5.65. The number of nitrogens with one attached hydrogen (secondary N) is 1. The number of carbonyl (C=O) groups excluding carboxylic acids is 3. The summed E-state index contributed by atoms with van der Waals surface area (Å²) in [7, 11) is 0. The molecule has 1 saturated heterocycles. The molecule has 0 aliphatic carbocycles. The maximum atomic E-state index is 14.6. The van der Waals surface area contributed by atoms with Crippen molar-refractivity contribution in [2.24, 2.45) is 5.73 Å². The van der Waals surface area contributed by atoms with Crippen LogP contribution in [0.2, 0.25) is 0 Å². The number of amides is 3. The molecule has 6 rings (SSSR count). The van der Waals surface area contributed by atoms with Crippen molar-refractivity contribution in [2.75, 3.05) is 6.54 Å². The highest BCUT2D eigenvalue weighted by atomic mass is 19.1. The van der Waals surface area contributed by atoms with Crippen molar-refractivity contribution in [1.29, 1.82) is 0 Å². The topological polar surface area (TPSA) is 149 Å². The van der Waals surface area contributed by atoms with Crippen LogP contribution in [0.3, 0.4) is 0 Å². The summed E-state index contributed by atoms with van der Waals surface area (Å²) in [5.41, 5.74) is 8.68. The molecule has 1 aliphatic heterocycles. The number of rotatable bonds is 7. The van der Waals surface area contributed by atoms with Crippen molar-refractivity contribution < 1.29 is 27.6 Å². The Morgan fingerprint density at radius 1 is 1.12 bits per heavy atom. The first-order valence-corrected chi connectivity index (χ1v) is 13.6. The van der Waals surface area contributed by atoms with Crippen LogP contribution in [0.15, 0.2) is 59.3 Å². The number of furan rings is 1. The van der Waals surface area contributed by atoms with Crippen LogP contribution >= 0.6 is 0 Å². The maximum absolute atomic E-state index is 14.6. The number of aryl methyl sites for hydroxylation is 1. The number of nitrogens with two attached hydrogens (primary N) is 1. The molecule has 3 amide bonds. The molecule has 1 fully saturated rings. The summed E-state index contributed by atoms with van der Waals surface area (Å²) >= 11 is 0. The van der Waals surface area contributed by atoms with Gasteiger partial charge in [0.1, 0.15) is 35.9 Å². The number of halogens is 2. The zero-order valence-electron chi connectivity index (χ0n) is 23.3. The molecule has 1 unspecified atom stereocenters. The van der Waals surface area contributed by atoms with Gasteiger partial charge in [-0.1, -0.05) is 6.07 Å². The highest BCUT2D eigenvalue weighted by Crippen LogP contribution is 2.31. The fraction of sp³-hybridized carbons (Fsp3) is 0.267. The summed E-state index contributed by atoms with van der Waals surface area (Å²) < 4.78 is 35.6. The second kappa shape index (κ2) is 10.9. The number of hydrogen-bond donors (Lipinski definition) is 2. The molecule has 0 spiro atoms. The zero-order valence-corrected chi connectivity index (χ0v) is 23.3. The highest BCUT2D eigenvalue weighted by Gasteiger charge is 2.40. The van der Waals surface area contributed by atoms with Crippen LogP contribution in [-0.4, -0.2) is 61.4 Å². The molecule has 3 N–H and O–H groups in total. The number of aromatic nitrogens is 4. The molecule has 0 radical (unpaired) electrons. The lowest BCUT2D eigenvalue weighted by molar-refractivity contribution is -0.139. The van der Waals surface area contributed by atoms with E-state index in [2.05, 4.69) is 20.6 Å². The molecule has 3 aromatic heterocycles. The van der Waals surface area contributed by atoms with Gasteiger partial charge in [-0.2, -0.15) is 15.3 Å². The van der Waals surface area contributed by atoms with E-state index in [1.54, 1.807) is 44.3 Å². The van der Waals surface area contributed by atoms with Crippen molar-refractivity contribution in [3.05, 3.63) is 77.7 Å². The number of primary amides is 1. The largest absolute Gasteiger partial charge is 0.459 e. The van der Waals surface area contributed by atoms with Crippen LogP contribution < -0.4 is 11.1 Å². The third kappa shape index (κ3) is 5.17. The predicted octanol–water partition coefficient (Wildman–Crippen LogP) is 3.60. The van der Waals surface area contributed by atoms with E-state index >= 15 is 0 Å². The lowest BCUT2D eigenvalue weighted by Crippen LogP contribution is -2.47. The molecule has 5 aromatic rings. The Hall–Kier alpha value is -5.20. The number of nitrogens with zero attached hydrogens (tertiary/aromatic N) is 5. The normalized spacial score (nSPS) is 17.4. The molecule has 11 nitrogen and oxygen atoms in total. The van der Waals surface area contributed by atoms with Gasteiger partial charge in [0.15, 0.2) is 5.69 Å². The van der Waals surface area contributed by atoms with E-state index < -0.39 is 41.8 Å². The second-order valence-corrected chi connectivity index (χ2v) is 10.6. The van der Waals surface area contributed by atoms with Gasteiger partial charge in [0, 0.05) is 28.3 Å². The molecule has 13 heteroatoms. The van der Waals surface area contributed by atoms with Gasteiger partial charge in [-0.3, -0.25) is 19.1 Å². The van der Waals surface area contributed by atoms with E-state index in [0.717, 1.165) is 11.1 Å². The van der Waals surface area contributed by atoms with Gasteiger partial charge < -0.3 is 20.4 Å². The Morgan fingerprint density at radius 2 is 1.93 bits per heavy atom. The molecular weight excluding hydrogens is 560 g/mol. The summed E-state index contributed by atoms with van der Waals surface area (Å²) in [5.74, 6) is -1.85. The molecule has 3 atom stereocenters. The van der Waals surface area contributed by atoms with Gasteiger partial charge in [-0.05, 0) is 55.8 Å². The zero-order chi connectivity index (χ0) is 30.4. The van der Waals surface area contributed by atoms with Crippen LogP contribution in [0, 0.1) is 12.7 Å². The number of benzene rings is 2. The Labute approximate surface area is 243 Å². The minimum absolute atomic E-state index is 0.0272. The van der Waals surface area contributed by atoms with E-state index in [0.29, 0.717) is 33.2 Å². The molecule has 220 valence electrons. The van der Waals surface area contributed by atoms with Crippen molar-refractivity contribution in [3.8, 4) is 11.1 Å². The highest BCUT2D eigenvalue weighted by molar-refractivity contribution is 6.05. The lowest BCUT2D eigenvalue weighted by atomic mass is 10.0. The van der Waals surface area contributed by atoms with Gasteiger partial charge in [0.05, 0.1) is 30.5 Å². The van der Waals surface area contributed by atoms with Crippen LogP contribution in [0.1, 0.15) is 41.2 Å². The molecule has 0 bridgehead atoms. The summed E-state index contributed by atoms with van der Waals surface area (Å²) in [5, 5.41) is 15.8.